The maximum Gasteiger partial charge on any atom is 0.0454 e. The van der Waals surface area contributed by atoms with E-state index >= 15 is 0 Å². The minimum Gasteiger partial charge on any atom is -0.326 e. The zero-order chi connectivity index (χ0) is 14.5. The van der Waals surface area contributed by atoms with Gasteiger partial charge in [0.15, 0.2) is 0 Å². The molecule has 4 heteroatoms. The smallest absolute Gasteiger partial charge is 0.0454 e. The Labute approximate surface area is 127 Å². The van der Waals surface area contributed by atoms with E-state index in [1.54, 1.807) is 0 Å². The maximum atomic E-state index is 6.33. The molecule has 1 aliphatic heterocycles. The van der Waals surface area contributed by atoms with Gasteiger partial charge in [0, 0.05) is 30.7 Å². The maximum absolute atomic E-state index is 6.33. The third kappa shape index (κ3) is 3.95. The summed E-state index contributed by atoms with van der Waals surface area (Å²) in [5.41, 5.74) is 7.91. The fourth-order valence-electron chi connectivity index (χ4n) is 3.08. The van der Waals surface area contributed by atoms with E-state index in [-0.39, 0.29) is 0 Å². The number of benzene rings is 1. The van der Waals surface area contributed by atoms with E-state index in [0.717, 1.165) is 30.2 Å². The third-order valence-electron chi connectivity index (χ3n) is 4.22. The van der Waals surface area contributed by atoms with Crippen molar-refractivity contribution in [3.63, 3.8) is 0 Å². The van der Waals surface area contributed by atoms with Gasteiger partial charge < -0.3 is 10.6 Å². The fourth-order valence-corrected chi connectivity index (χ4v) is 3.34. The van der Waals surface area contributed by atoms with E-state index in [1.165, 1.54) is 24.9 Å². The molecule has 1 aliphatic rings. The van der Waals surface area contributed by atoms with Crippen LogP contribution in [0.5, 0.6) is 0 Å². The molecule has 0 radical (unpaired) electrons. The highest BCUT2D eigenvalue weighted by Crippen LogP contribution is 2.21. The van der Waals surface area contributed by atoms with Crippen molar-refractivity contribution in [2.45, 2.75) is 38.9 Å². The number of halogens is 1. The number of hydrogen-bond donors (Lipinski definition) is 1. The quantitative estimate of drug-likeness (QED) is 0.876. The average Bonchev–Trinajstić information content (AvgIpc) is 2.88. The summed E-state index contributed by atoms with van der Waals surface area (Å²) in [7, 11) is 2.18. The lowest BCUT2D eigenvalue weighted by molar-refractivity contribution is 0.195. The van der Waals surface area contributed by atoms with E-state index in [2.05, 4.69) is 35.9 Å². The van der Waals surface area contributed by atoms with Crippen LogP contribution in [0.1, 0.15) is 30.9 Å². The Bertz CT molecular complexity index is 436. The van der Waals surface area contributed by atoms with Crippen molar-refractivity contribution in [1.82, 2.24) is 9.80 Å². The molecular formula is C16H26ClN3. The highest BCUT2D eigenvalue weighted by molar-refractivity contribution is 6.31. The number of rotatable bonds is 6. The first-order valence-corrected chi connectivity index (χ1v) is 7.91. The molecule has 1 heterocycles. The minimum absolute atomic E-state index is 0.545. The van der Waals surface area contributed by atoms with Gasteiger partial charge in [0.05, 0.1) is 0 Å². The van der Waals surface area contributed by atoms with Crippen LogP contribution < -0.4 is 5.73 Å². The number of hydrogen-bond acceptors (Lipinski definition) is 3. The predicted octanol–water partition coefficient (Wildman–Crippen LogP) is 2.71. The van der Waals surface area contributed by atoms with Crippen molar-refractivity contribution in [3.05, 3.63) is 34.3 Å². The molecule has 3 nitrogen and oxygen atoms in total. The summed E-state index contributed by atoms with van der Waals surface area (Å²) in [5.74, 6) is 0. The first-order valence-electron chi connectivity index (χ1n) is 7.54. The Kier molecular flexibility index (Phi) is 5.85. The van der Waals surface area contributed by atoms with Crippen molar-refractivity contribution in [1.29, 1.82) is 0 Å². The number of nitrogens with two attached hydrogens (primary N) is 1. The van der Waals surface area contributed by atoms with Gasteiger partial charge in [-0.25, -0.2) is 0 Å². The first-order chi connectivity index (χ1) is 9.63. The number of likely N-dealkylation sites (tertiary alicyclic amines) is 1. The average molecular weight is 296 g/mol. The van der Waals surface area contributed by atoms with Gasteiger partial charge in [-0.1, -0.05) is 30.7 Å². The van der Waals surface area contributed by atoms with Crippen LogP contribution in [0.25, 0.3) is 0 Å². The molecule has 0 spiro atoms. The molecule has 0 saturated carbocycles. The first kappa shape index (κ1) is 15.8. The number of likely N-dealkylation sites (N-methyl/N-ethyl adjacent to an activating group) is 2. The molecule has 0 amide bonds. The topological polar surface area (TPSA) is 32.5 Å². The molecule has 1 fully saturated rings. The van der Waals surface area contributed by atoms with E-state index in [1.807, 2.05) is 6.07 Å². The lowest BCUT2D eigenvalue weighted by Gasteiger charge is -2.28. The molecule has 1 saturated heterocycles. The summed E-state index contributed by atoms with van der Waals surface area (Å²) in [6.07, 6.45) is 2.65. The summed E-state index contributed by atoms with van der Waals surface area (Å²) in [6, 6.07) is 6.86. The van der Waals surface area contributed by atoms with Crippen LogP contribution in [0.15, 0.2) is 18.2 Å². The molecule has 0 aromatic heterocycles. The van der Waals surface area contributed by atoms with Gasteiger partial charge in [-0.05, 0) is 50.2 Å². The molecule has 1 atom stereocenters. The van der Waals surface area contributed by atoms with Gasteiger partial charge in [0.1, 0.15) is 0 Å². The summed E-state index contributed by atoms with van der Waals surface area (Å²) < 4.78 is 0. The zero-order valence-electron chi connectivity index (χ0n) is 12.6. The van der Waals surface area contributed by atoms with E-state index in [4.69, 9.17) is 17.3 Å². The SMILES string of the molecule is CCN1CCCC1CN(C)Cc1ccc(CN)cc1Cl. The summed E-state index contributed by atoms with van der Waals surface area (Å²) in [4.78, 5) is 4.96. The largest absolute Gasteiger partial charge is 0.326 e. The Morgan fingerprint density at radius 3 is 2.90 bits per heavy atom. The van der Waals surface area contributed by atoms with Gasteiger partial charge in [-0.15, -0.1) is 0 Å². The van der Waals surface area contributed by atoms with Gasteiger partial charge in [0.2, 0.25) is 0 Å². The van der Waals surface area contributed by atoms with Crippen molar-refractivity contribution in [2.75, 3.05) is 26.7 Å². The normalized spacial score (nSPS) is 19.9. The zero-order valence-corrected chi connectivity index (χ0v) is 13.4. The Hall–Kier alpha value is -0.610. The van der Waals surface area contributed by atoms with Crippen LogP contribution in [0, 0.1) is 0 Å². The molecule has 1 aromatic rings. The third-order valence-corrected chi connectivity index (χ3v) is 4.57. The second-order valence-corrected chi connectivity index (χ2v) is 6.16. The van der Waals surface area contributed by atoms with Crippen molar-refractivity contribution >= 4 is 11.6 Å². The summed E-state index contributed by atoms with van der Waals surface area (Å²) >= 11 is 6.33. The highest BCUT2D eigenvalue weighted by atomic mass is 35.5. The molecule has 1 unspecified atom stereocenters. The molecule has 0 aliphatic carbocycles. The van der Waals surface area contributed by atoms with Gasteiger partial charge in [-0.2, -0.15) is 0 Å². The highest BCUT2D eigenvalue weighted by Gasteiger charge is 2.24. The van der Waals surface area contributed by atoms with Crippen LogP contribution in [-0.2, 0) is 13.1 Å². The van der Waals surface area contributed by atoms with Crippen LogP contribution in [0.2, 0.25) is 5.02 Å². The van der Waals surface area contributed by atoms with Crippen molar-refractivity contribution in [3.8, 4) is 0 Å². The van der Waals surface area contributed by atoms with Gasteiger partial charge in [0.25, 0.3) is 0 Å². The van der Waals surface area contributed by atoms with Crippen LogP contribution in [0.4, 0.5) is 0 Å². The summed E-state index contributed by atoms with van der Waals surface area (Å²) in [5, 5.41) is 0.832. The lowest BCUT2D eigenvalue weighted by atomic mass is 10.1. The molecule has 0 bridgehead atoms. The van der Waals surface area contributed by atoms with Crippen molar-refractivity contribution < 1.29 is 0 Å². The molecular weight excluding hydrogens is 270 g/mol. The Morgan fingerprint density at radius 2 is 2.25 bits per heavy atom. The van der Waals surface area contributed by atoms with Gasteiger partial charge in [-0.3, -0.25) is 4.90 Å². The van der Waals surface area contributed by atoms with Crippen LogP contribution >= 0.6 is 11.6 Å². The minimum atomic E-state index is 0.545. The van der Waals surface area contributed by atoms with Crippen LogP contribution in [0.3, 0.4) is 0 Å². The fraction of sp³-hybridized carbons (Fsp3) is 0.625. The molecule has 2 N–H and O–H groups in total. The second kappa shape index (κ2) is 7.41. The molecule has 20 heavy (non-hydrogen) atoms. The van der Waals surface area contributed by atoms with E-state index in [9.17, 15) is 0 Å². The molecule has 112 valence electrons. The second-order valence-electron chi connectivity index (χ2n) is 5.75. The standard InChI is InChI=1S/C16H26ClN3/c1-3-20-8-4-5-15(20)12-19(2)11-14-7-6-13(10-18)9-16(14)17/h6-7,9,15H,3-5,8,10-12,18H2,1-2H3. The lowest BCUT2D eigenvalue weighted by Crippen LogP contribution is -2.38. The Balaban J connectivity index is 1.92. The van der Waals surface area contributed by atoms with Crippen LogP contribution in [-0.4, -0.2) is 42.5 Å². The number of nitrogens with zero attached hydrogens (tertiary/aromatic N) is 2. The van der Waals surface area contributed by atoms with E-state index < -0.39 is 0 Å². The van der Waals surface area contributed by atoms with Crippen molar-refractivity contribution in [2.24, 2.45) is 5.73 Å². The molecule has 1 aromatic carbocycles. The predicted molar refractivity (Wildman–Crippen MR) is 85.9 cm³/mol. The monoisotopic (exact) mass is 295 g/mol. The Morgan fingerprint density at radius 1 is 1.45 bits per heavy atom. The van der Waals surface area contributed by atoms with E-state index in [0.29, 0.717) is 12.6 Å². The molecule has 2 rings (SSSR count). The van der Waals surface area contributed by atoms with Gasteiger partial charge >= 0.3 is 0 Å². The summed E-state index contributed by atoms with van der Waals surface area (Å²) in [6.45, 7) is 7.22.